The molecule has 0 unspecified atom stereocenters. The number of benzene rings is 3. The lowest BCUT2D eigenvalue weighted by atomic mass is 10.0. The molecule has 1 atom stereocenters. The predicted molar refractivity (Wildman–Crippen MR) is 159 cm³/mol. The molecule has 3 amide bonds. The smallest absolute Gasteiger partial charge is 0.328 e. The molecule has 0 fully saturated rings. The van der Waals surface area contributed by atoms with Crippen molar-refractivity contribution in [2.75, 3.05) is 32.5 Å². The highest BCUT2D eigenvalue weighted by atomic mass is 35.5. The van der Waals surface area contributed by atoms with Crippen LogP contribution in [0.4, 0.5) is 5.69 Å². The van der Waals surface area contributed by atoms with Crippen molar-refractivity contribution in [3.05, 3.63) is 87.9 Å². The van der Waals surface area contributed by atoms with Crippen molar-refractivity contribution in [2.45, 2.75) is 6.04 Å². The number of halogens is 2. The highest BCUT2D eigenvalue weighted by Crippen LogP contribution is 2.31. The second-order valence-corrected chi connectivity index (χ2v) is 9.37. The standard InChI is InChI=1S/C28H28Cl2N6O5/c1-31-28(32-2)35-19-10-6-9-17(11-19)25(38)34-15-23(37)33-14-22(27(40)41)36-26(39)24-20(29)12-18(13-21(24)30)16-7-4-3-5-8-16/h3-13,22H,14-15H2,1-2H3,(H,33,37)(H,34,38)(H,36,39)(H,40,41)(H2,31,32,35)/t22-/m1/s1. The van der Waals surface area contributed by atoms with E-state index in [0.717, 1.165) is 5.56 Å². The molecule has 13 heteroatoms. The minimum atomic E-state index is -1.49. The average Bonchev–Trinajstić information content (AvgIpc) is 2.96. The van der Waals surface area contributed by atoms with Crippen LogP contribution in [0, 0.1) is 0 Å². The summed E-state index contributed by atoms with van der Waals surface area (Å²) in [4.78, 5) is 53.5. The molecule has 0 radical (unpaired) electrons. The number of nitrogens with one attached hydrogen (secondary N) is 5. The number of carbonyl (C=O) groups excluding carboxylic acids is 3. The van der Waals surface area contributed by atoms with E-state index in [4.69, 9.17) is 23.2 Å². The van der Waals surface area contributed by atoms with E-state index < -0.39 is 42.8 Å². The number of amides is 3. The first-order valence-corrected chi connectivity index (χ1v) is 13.0. The first kappa shape index (κ1) is 30.9. The van der Waals surface area contributed by atoms with Crippen LogP contribution in [0.2, 0.25) is 10.0 Å². The summed E-state index contributed by atoms with van der Waals surface area (Å²) in [7, 11) is 3.29. The molecule has 0 aliphatic rings. The van der Waals surface area contributed by atoms with E-state index in [0.29, 0.717) is 17.2 Å². The van der Waals surface area contributed by atoms with E-state index in [-0.39, 0.29) is 21.2 Å². The molecule has 0 saturated heterocycles. The molecule has 3 aromatic carbocycles. The Morgan fingerprint density at radius 1 is 0.878 bits per heavy atom. The van der Waals surface area contributed by atoms with Gasteiger partial charge in [0.15, 0.2) is 5.96 Å². The lowest BCUT2D eigenvalue weighted by molar-refractivity contribution is -0.139. The molecule has 3 aromatic rings. The molecule has 214 valence electrons. The molecule has 41 heavy (non-hydrogen) atoms. The molecule has 6 N–H and O–H groups in total. The zero-order chi connectivity index (χ0) is 29.9. The number of carboxylic acids is 1. The Morgan fingerprint density at radius 2 is 1.56 bits per heavy atom. The number of aliphatic carboxylic acids is 1. The van der Waals surface area contributed by atoms with Crippen LogP contribution in [0.5, 0.6) is 0 Å². The average molecular weight is 599 g/mol. The molecular formula is C28H28Cl2N6O5. The van der Waals surface area contributed by atoms with Crippen LogP contribution in [0.3, 0.4) is 0 Å². The molecule has 0 aliphatic heterocycles. The van der Waals surface area contributed by atoms with E-state index in [9.17, 15) is 24.3 Å². The Labute approximate surface area is 246 Å². The van der Waals surface area contributed by atoms with Crippen LogP contribution in [-0.4, -0.2) is 68.0 Å². The predicted octanol–water partition coefficient (Wildman–Crippen LogP) is 3.01. The Kier molecular flexibility index (Phi) is 11.1. The van der Waals surface area contributed by atoms with Crippen molar-refractivity contribution in [3.63, 3.8) is 0 Å². The zero-order valence-electron chi connectivity index (χ0n) is 22.1. The van der Waals surface area contributed by atoms with Crippen LogP contribution in [0.15, 0.2) is 71.7 Å². The topological polar surface area (TPSA) is 161 Å². The summed E-state index contributed by atoms with van der Waals surface area (Å²) >= 11 is 12.7. The number of nitrogens with zero attached hydrogens (tertiary/aromatic N) is 1. The number of rotatable bonds is 10. The number of anilines is 1. The van der Waals surface area contributed by atoms with Crippen molar-refractivity contribution in [1.29, 1.82) is 0 Å². The van der Waals surface area contributed by atoms with Gasteiger partial charge in [-0.25, -0.2) is 4.79 Å². The molecule has 11 nitrogen and oxygen atoms in total. The van der Waals surface area contributed by atoms with Gasteiger partial charge in [0.05, 0.1) is 22.2 Å². The molecule has 3 rings (SSSR count). The van der Waals surface area contributed by atoms with Crippen LogP contribution in [-0.2, 0) is 9.59 Å². The Bertz CT molecular complexity index is 1440. The number of aliphatic imine (C=N–C) groups is 1. The van der Waals surface area contributed by atoms with Gasteiger partial charge in [0.25, 0.3) is 11.8 Å². The van der Waals surface area contributed by atoms with Gasteiger partial charge in [-0.2, -0.15) is 0 Å². The number of guanidine groups is 1. The van der Waals surface area contributed by atoms with Gasteiger partial charge in [0.2, 0.25) is 5.91 Å². The summed E-state index contributed by atoms with van der Waals surface area (Å²) in [6.45, 7) is -0.872. The summed E-state index contributed by atoms with van der Waals surface area (Å²) in [5.74, 6) is -2.90. The van der Waals surface area contributed by atoms with Gasteiger partial charge in [-0.05, 0) is 41.5 Å². The fourth-order valence-electron chi connectivity index (χ4n) is 3.66. The number of hydrogen-bond donors (Lipinski definition) is 6. The summed E-state index contributed by atoms with van der Waals surface area (Å²) < 4.78 is 0. The molecule has 0 heterocycles. The highest BCUT2D eigenvalue weighted by Gasteiger charge is 2.25. The second-order valence-electron chi connectivity index (χ2n) is 8.56. The van der Waals surface area contributed by atoms with Crippen LogP contribution in [0.1, 0.15) is 20.7 Å². The second kappa shape index (κ2) is 14.7. The minimum Gasteiger partial charge on any atom is -0.480 e. The van der Waals surface area contributed by atoms with Crippen molar-refractivity contribution in [3.8, 4) is 11.1 Å². The lowest BCUT2D eigenvalue weighted by Crippen LogP contribution is -2.50. The van der Waals surface area contributed by atoms with E-state index >= 15 is 0 Å². The summed E-state index contributed by atoms with van der Waals surface area (Å²) in [6.07, 6.45) is 0. The first-order chi connectivity index (χ1) is 19.6. The van der Waals surface area contributed by atoms with Gasteiger partial charge in [-0.3, -0.25) is 19.4 Å². The van der Waals surface area contributed by atoms with E-state index in [2.05, 4.69) is 31.6 Å². The molecule has 0 aliphatic carbocycles. The van der Waals surface area contributed by atoms with Crippen molar-refractivity contribution in [1.82, 2.24) is 21.3 Å². The maximum atomic E-state index is 12.9. The number of carboxylic acid groups (broad SMARTS) is 1. The zero-order valence-corrected chi connectivity index (χ0v) is 23.6. The van der Waals surface area contributed by atoms with E-state index in [1.807, 2.05) is 30.3 Å². The van der Waals surface area contributed by atoms with Crippen LogP contribution in [0.25, 0.3) is 11.1 Å². The van der Waals surface area contributed by atoms with Gasteiger partial charge < -0.3 is 31.7 Å². The largest absolute Gasteiger partial charge is 0.480 e. The third-order valence-corrected chi connectivity index (χ3v) is 6.34. The molecule has 0 aromatic heterocycles. The minimum absolute atomic E-state index is 0.0353. The van der Waals surface area contributed by atoms with Gasteiger partial charge in [0.1, 0.15) is 6.04 Å². The Hall–Kier alpha value is -4.61. The molecule has 0 bridgehead atoms. The fraction of sp³-hybridized carbons (Fsp3) is 0.179. The molecule has 0 saturated carbocycles. The van der Waals surface area contributed by atoms with Gasteiger partial charge in [-0.15, -0.1) is 0 Å². The van der Waals surface area contributed by atoms with Gasteiger partial charge in [-0.1, -0.05) is 59.6 Å². The number of carbonyl (C=O) groups is 4. The Morgan fingerprint density at radius 3 is 2.17 bits per heavy atom. The van der Waals surface area contributed by atoms with Crippen molar-refractivity contribution >= 4 is 58.5 Å². The van der Waals surface area contributed by atoms with Gasteiger partial charge >= 0.3 is 5.97 Å². The molecular weight excluding hydrogens is 571 g/mol. The van der Waals surface area contributed by atoms with Crippen LogP contribution >= 0.6 is 23.2 Å². The summed E-state index contributed by atoms with van der Waals surface area (Å²) in [5, 5.41) is 22.7. The third-order valence-electron chi connectivity index (χ3n) is 5.74. The normalized spacial score (nSPS) is 11.7. The maximum Gasteiger partial charge on any atom is 0.328 e. The third kappa shape index (κ3) is 8.69. The Balaban J connectivity index is 1.57. The first-order valence-electron chi connectivity index (χ1n) is 12.3. The monoisotopic (exact) mass is 598 g/mol. The van der Waals surface area contributed by atoms with E-state index in [1.54, 1.807) is 50.5 Å². The molecule has 0 spiro atoms. The fourth-order valence-corrected chi connectivity index (χ4v) is 4.32. The summed E-state index contributed by atoms with van der Waals surface area (Å²) in [5.41, 5.74) is 2.31. The van der Waals surface area contributed by atoms with Crippen LogP contribution < -0.4 is 26.6 Å². The van der Waals surface area contributed by atoms with E-state index in [1.165, 1.54) is 0 Å². The van der Waals surface area contributed by atoms with Crippen molar-refractivity contribution < 1.29 is 24.3 Å². The van der Waals surface area contributed by atoms with Crippen molar-refractivity contribution in [2.24, 2.45) is 4.99 Å². The highest BCUT2D eigenvalue weighted by molar-refractivity contribution is 6.40. The van der Waals surface area contributed by atoms with Gasteiger partial charge in [0, 0.05) is 31.9 Å². The SMILES string of the molecule is CN=C(NC)Nc1cccc(C(=O)NCC(=O)NC[C@@H](NC(=O)c2c(Cl)cc(-c3ccccc3)cc2Cl)C(=O)O)c1. The quantitative estimate of drug-likeness (QED) is 0.154. The summed E-state index contributed by atoms with van der Waals surface area (Å²) in [6, 6.07) is 17.4. The number of hydrogen-bond acceptors (Lipinski definition) is 5. The lowest BCUT2D eigenvalue weighted by Gasteiger charge is -2.17. The maximum absolute atomic E-state index is 12.9.